The highest BCUT2D eigenvalue weighted by molar-refractivity contribution is 6.12. The lowest BCUT2D eigenvalue weighted by molar-refractivity contribution is -0.149. The lowest BCUT2D eigenvalue weighted by atomic mass is 9.90. The highest BCUT2D eigenvalue weighted by Gasteiger charge is 2.75. The molecule has 0 bridgehead atoms. The van der Waals surface area contributed by atoms with Crippen LogP contribution in [0, 0.1) is 17.8 Å². The molecule has 8 heteroatoms. The molecule has 2 aliphatic rings. The van der Waals surface area contributed by atoms with Crippen LogP contribution in [0.15, 0.2) is 5.11 Å². The average molecular weight is 225 g/mol. The largest absolute Gasteiger partial charge is 0.481 e. The monoisotopic (exact) mass is 225 g/mol. The van der Waals surface area contributed by atoms with Gasteiger partial charge in [0.25, 0.3) is 0 Å². The van der Waals surface area contributed by atoms with Gasteiger partial charge in [-0.1, -0.05) is 5.11 Å². The molecule has 2 N–H and O–H groups in total. The first-order chi connectivity index (χ1) is 7.46. The van der Waals surface area contributed by atoms with Gasteiger partial charge in [0, 0.05) is 17.3 Å². The van der Waals surface area contributed by atoms with Crippen molar-refractivity contribution in [1.29, 1.82) is 0 Å². The van der Waals surface area contributed by atoms with Crippen molar-refractivity contribution in [3.63, 3.8) is 0 Å². The van der Waals surface area contributed by atoms with E-state index < -0.39 is 41.0 Å². The molecular weight excluding hydrogens is 218 g/mol. The molecule has 4 atom stereocenters. The predicted molar refractivity (Wildman–Crippen MR) is 47.2 cm³/mol. The zero-order valence-corrected chi connectivity index (χ0v) is 7.90. The summed E-state index contributed by atoms with van der Waals surface area (Å²) in [4.78, 5) is 35.7. The third kappa shape index (κ3) is 0.989. The van der Waals surface area contributed by atoms with Crippen molar-refractivity contribution < 1.29 is 24.6 Å². The number of hydrogen-bond donors (Lipinski definition) is 2. The number of fused-ring (bicyclic) bond motifs is 1. The summed E-state index contributed by atoms with van der Waals surface area (Å²) < 4.78 is 0. The van der Waals surface area contributed by atoms with Crippen LogP contribution in [0.25, 0.3) is 10.4 Å². The van der Waals surface area contributed by atoms with Crippen LogP contribution in [0.5, 0.6) is 0 Å². The Morgan fingerprint density at radius 3 is 2.56 bits per heavy atom. The number of rotatable bonds is 3. The van der Waals surface area contributed by atoms with E-state index in [4.69, 9.17) is 15.7 Å². The zero-order valence-electron chi connectivity index (χ0n) is 7.90. The number of aliphatic carboxylic acids is 2. The lowest BCUT2D eigenvalue weighted by Gasteiger charge is -2.18. The first kappa shape index (κ1) is 10.4. The molecule has 0 spiro atoms. The number of azide groups is 1. The fourth-order valence-corrected chi connectivity index (χ4v) is 2.59. The van der Waals surface area contributed by atoms with E-state index in [1.54, 1.807) is 0 Å². The van der Waals surface area contributed by atoms with Gasteiger partial charge in [-0.2, -0.15) is 0 Å². The minimum atomic E-state index is -2.21. The quantitative estimate of drug-likeness (QED) is 0.302. The Bertz CT molecular complexity index is 451. The van der Waals surface area contributed by atoms with Gasteiger partial charge < -0.3 is 10.2 Å². The number of carbonyl (C=O) groups is 3. The van der Waals surface area contributed by atoms with Crippen molar-refractivity contribution in [2.24, 2.45) is 22.9 Å². The molecule has 0 aromatic heterocycles. The van der Waals surface area contributed by atoms with E-state index in [1.807, 2.05) is 0 Å². The second kappa shape index (κ2) is 2.96. The van der Waals surface area contributed by atoms with Gasteiger partial charge in [-0.25, -0.2) is 0 Å². The van der Waals surface area contributed by atoms with E-state index in [9.17, 15) is 14.4 Å². The van der Waals surface area contributed by atoms with Crippen LogP contribution < -0.4 is 0 Å². The molecule has 16 heavy (non-hydrogen) atoms. The summed E-state index contributed by atoms with van der Waals surface area (Å²) in [7, 11) is 0. The number of hydrogen-bond acceptors (Lipinski definition) is 4. The normalized spacial score (nSPS) is 39.8. The Hall–Kier alpha value is -2.08. The molecule has 2 aliphatic carbocycles. The molecule has 0 heterocycles. The van der Waals surface area contributed by atoms with Crippen molar-refractivity contribution in [3.05, 3.63) is 10.4 Å². The molecule has 0 aromatic carbocycles. The summed E-state index contributed by atoms with van der Waals surface area (Å²) >= 11 is 0. The van der Waals surface area contributed by atoms with E-state index in [0.717, 1.165) is 0 Å². The number of nitrogens with zero attached hydrogens (tertiary/aromatic N) is 3. The minimum absolute atomic E-state index is 0.146. The Morgan fingerprint density at radius 2 is 2.12 bits per heavy atom. The summed E-state index contributed by atoms with van der Waals surface area (Å²) in [5.74, 6) is -5.71. The van der Waals surface area contributed by atoms with Crippen LogP contribution in [-0.4, -0.2) is 33.5 Å². The number of carboxylic acids is 2. The van der Waals surface area contributed by atoms with Crippen molar-refractivity contribution in [1.82, 2.24) is 0 Å². The summed E-state index contributed by atoms with van der Waals surface area (Å²) in [6.45, 7) is 0. The second-order valence-electron chi connectivity index (χ2n) is 3.94. The van der Waals surface area contributed by atoms with Gasteiger partial charge in [0.15, 0.2) is 5.78 Å². The topological polar surface area (TPSA) is 140 Å². The molecular formula is C8H7N3O5. The first-order valence-corrected chi connectivity index (χ1v) is 4.52. The summed E-state index contributed by atoms with van der Waals surface area (Å²) in [6, 6.07) is 0. The summed E-state index contributed by atoms with van der Waals surface area (Å²) in [5.41, 5.74) is 6.11. The van der Waals surface area contributed by atoms with Crippen LogP contribution in [0.2, 0.25) is 0 Å². The van der Waals surface area contributed by atoms with Crippen molar-refractivity contribution >= 4 is 17.7 Å². The van der Waals surface area contributed by atoms with Crippen LogP contribution in [0.4, 0.5) is 0 Å². The molecule has 2 saturated carbocycles. The number of ketones is 1. The molecule has 2 fully saturated rings. The average Bonchev–Trinajstić information content (AvgIpc) is 2.81. The third-order valence-corrected chi connectivity index (χ3v) is 3.31. The van der Waals surface area contributed by atoms with Crippen LogP contribution in [-0.2, 0) is 14.4 Å². The van der Waals surface area contributed by atoms with E-state index >= 15 is 0 Å². The highest BCUT2D eigenvalue weighted by atomic mass is 16.4. The zero-order chi connectivity index (χ0) is 12.1. The minimum Gasteiger partial charge on any atom is -0.481 e. The molecule has 0 radical (unpaired) electrons. The van der Waals surface area contributed by atoms with Gasteiger partial charge >= 0.3 is 11.9 Å². The molecule has 0 saturated heterocycles. The molecule has 0 amide bonds. The van der Waals surface area contributed by atoms with Gasteiger partial charge in [-0.15, -0.1) is 0 Å². The SMILES string of the molecule is [N-]=[N+]=N[C@@]1(C(=O)O)C(=O)C[C@H]2[C@H](C(=O)O)[C@H]21. The smallest absolute Gasteiger partial charge is 0.323 e. The molecule has 0 aliphatic heterocycles. The summed E-state index contributed by atoms with van der Waals surface area (Å²) in [6.07, 6.45) is -0.146. The van der Waals surface area contributed by atoms with E-state index in [1.165, 1.54) is 0 Å². The second-order valence-corrected chi connectivity index (χ2v) is 3.94. The molecule has 84 valence electrons. The number of carboxylic acid groups (broad SMARTS) is 2. The Balaban J connectivity index is 2.45. The fraction of sp³-hybridized carbons (Fsp3) is 0.625. The summed E-state index contributed by atoms with van der Waals surface area (Å²) in [5, 5.41) is 20.8. The van der Waals surface area contributed by atoms with Gasteiger partial charge in [0.1, 0.15) is 0 Å². The lowest BCUT2D eigenvalue weighted by Crippen LogP contribution is -2.45. The van der Waals surface area contributed by atoms with E-state index in [0.29, 0.717) is 0 Å². The maximum atomic E-state index is 11.5. The molecule has 0 aromatic rings. The van der Waals surface area contributed by atoms with Crippen LogP contribution >= 0.6 is 0 Å². The highest BCUT2D eigenvalue weighted by Crippen LogP contribution is 2.62. The first-order valence-electron chi connectivity index (χ1n) is 4.52. The molecule has 8 nitrogen and oxygen atoms in total. The maximum Gasteiger partial charge on any atom is 0.323 e. The molecule has 0 unspecified atom stereocenters. The van der Waals surface area contributed by atoms with Crippen LogP contribution in [0.3, 0.4) is 0 Å². The number of carbonyl (C=O) groups excluding carboxylic acids is 1. The van der Waals surface area contributed by atoms with Gasteiger partial charge in [0.05, 0.1) is 5.92 Å². The Morgan fingerprint density at radius 1 is 1.50 bits per heavy atom. The van der Waals surface area contributed by atoms with Crippen LogP contribution in [0.1, 0.15) is 6.42 Å². The van der Waals surface area contributed by atoms with Gasteiger partial charge in [0.2, 0.25) is 5.54 Å². The van der Waals surface area contributed by atoms with Gasteiger partial charge in [-0.3, -0.25) is 14.4 Å². The Kier molecular flexibility index (Phi) is 1.93. The molecule has 2 rings (SSSR count). The van der Waals surface area contributed by atoms with E-state index in [-0.39, 0.29) is 6.42 Å². The third-order valence-electron chi connectivity index (χ3n) is 3.31. The van der Waals surface area contributed by atoms with Crippen molar-refractivity contribution in [2.75, 3.05) is 0 Å². The number of Topliss-reactive ketones (excluding diaryl/α,β-unsaturated/α-hetero) is 1. The predicted octanol–water partition coefficient (Wildman–Crippen LogP) is 0.0397. The van der Waals surface area contributed by atoms with Crippen molar-refractivity contribution in [3.8, 4) is 0 Å². The van der Waals surface area contributed by atoms with Gasteiger partial charge in [-0.05, 0) is 11.4 Å². The maximum absolute atomic E-state index is 11.5. The fourth-order valence-electron chi connectivity index (χ4n) is 2.59. The Labute approximate surface area is 88.5 Å². The standard InChI is InChI=1S/C8H7N3O5/c9-11-10-8(7(15)16)3(12)1-2-4(5(2)8)6(13)14/h2,4-5H,1H2,(H,13,14)(H,15,16)/t2-,4-,5-,8-/m0/s1. The van der Waals surface area contributed by atoms with E-state index in [2.05, 4.69) is 10.0 Å². The van der Waals surface area contributed by atoms with Crippen molar-refractivity contribution in [2.45, 2.75) is 12.0 Å².